The molecule has 0 bridgehead atoms. The van der Waals surface area contributed by atoms with Gasteiger partial charge in [-0.05, 0) is 50.2 Å². The molecule has 2 atom stereocenters. The molecule has 28 heavy (non-hydrogen) atoms. The minimum atomic E-state index is 0.482. The van der Waals surface area contributed by atoms with Gasteiger partial charge in [-0.3, -0.25) is 0 Å². The molecular formula is C21H22Cl2N5+. The monoisotopic (exact) mass is 414 g/mol. The highest BCUT2D eigenvalue weighted by atomic mass is 35.5. The summed E-state index contributed by atoms with van der Waals surface area (Å²) >= 11 is 12.1. The van der Waals surface area contributed by atoms with Gasteiger partial charge in [-0.15, -0.1) is 10.2 Å². The minimum Gasteiger partial charge on any atom is -0.343 e. The third-order valence-electron chi connectivity index (χ3n) is 4.86. The smallest absolute Gasteiger partial charge is 0.183 e. The first-order valence-corrected chi connectivity index (χ1v) is 10.1. The fraction of sp³-hybridized carbons (Fsp3) is 0.286. The van der Waals surface area contributed by atoms with Gasteiger partial charge in [-0.2, -0.15) is 0 Å². The topological polar surface area (TPSA) is 58.5 Å². The predicted molar refractivity (Wildman–Crippen MR) is 114 cm³/mol. The lowest BCUT2D eigenvalue weighted by Gasteiger charge is -2.34. The van der Waals surface area contributed by atoms with E-state index in [0.29, 0.717) is 28.0 Å². The Morgan fingerprint density at radius 2 is 1.36 bits per heavy atom. The summed E-state index contributed by atoms with van der Waals surface area (Å²) in [5, 5.41) is 12.7. The SMILES string of the molecule is C[C@@H]1CN(c2nc(-c3ccc(Cl)cc3)nnc2-c2ccc(Cl)cc2)C[C@H](C)[NH2+]1. The Labute approximate surface area is 174 Å². The lowest BCUT2D eigenvalue weighted by Crippen LogP contribution is -2.99. The van der Waals surface area contributed by atoms with E-state index in [1.807, 2.05) is 48.5 Å². The van der Waals surface area contributed by atoms with Crippen molar-refractivity contribution in [2.24, 2.45) is 0 Å². The maximum absolute atomic E-state index is 6.07. The zero-order valence-corrected chi connectivity index (χ0v) is 17.3. The molecule has 144 valence electrons. The number of piperazine rings is 1. The molecule has 0 unspecified atom stereocenters. The van der Waals surface area contributed by atoms with Crippen LogP contribution >= 0.6 is 23.2 Å². The van der Waals surface area contributed by atoms with Crippen LogP contribution in [0, 0.1) is 0 Å². The molecule has 0 radical (unpaired) electrons. The standard InChI is InChI=1S/C21H21Cl2N5/c1-13-11-28(12-14(2)24-13)21-19(15-3-7-17(22)8-4-15)26-27-20(25-21)16-5-9-18(23)10-6-16/h3-10,13-14,24H,11-12H2,1-2H3/p+1/t13-,14+. The van der Waals surface area contributed by atoms with Crippen molar-refractivity contribution in [1.82, 2.24) is 15.2 Å². The number of halogens is 2. The van der Waals surface area contributed by atoms with Crippen molar-refractivity contribution in [3.05, 3.63) is 58.6 Å². The Bertz CT molecular complexity index is 950. The van der Waals surface area contributed by atoms with Crippen LogP contribution in [0.1, 0.15) is 13.8 Å². The Hall–Kier alpha value is -2.21. The van der Waals surface area contributed by atoms with Crippen LogP contribution in [0.25, 0.3) is 22.6 Å². The summed E-state index contributed by atoms with van der Waals surface area (Å²) in [5.74, 6) is 1.45. The zero-order valence-electron chi connectivity index (χ0n) is 15.8. The number of nitrogens with two attached hydrogens (primary N) is 1. The molecule has 1 aromatic heterocycles. The van der Waals surface area contributed by atoms with Gasteiger partial charge in [-0.25, -0.2) is 4.98 Å². The Morgan fingerprint density at radius 3 is 1.93 bits per heavy atom. The third kappa shape index (κ3) is 4.12. The second-order valence-electron chi connectivity index (χ2n) is 7.37. The van der Waals surface area contributed by atoms with E-state index in [9.17, 15) is 0 Å². The van der Waals surface area contributed by atoms with Crippen molar-refractivity contribution in [3.8, 4) is 22.6 Å². The number of hydrogen-bond acceptors (Lipinski definition) is 4. The Morgan fingerprint density at radius 1 is 0.821 bits per heavy atom. The molecule has 1 aliphatic heterocycles. The van der Waals surface area contributed by atoms with Crippen LogP contribution in [0.5, 0.6) is 0 Å². The first-order valence-electron chi connectivity index (χ1n) is 9.36. The number of hydrogen-bond donors (Lipinski definition) is 1. The summed E-state index contributed by atoms with van der Waals surface area (Å²) in [6, 6.07) is 16.1. The third-order valence-corrected chi connectivity index (χ3v) is 5.37. The molecule has 0 aliphatic carbocycles. The lowest BCUT2D eigenvalue weighted by atomic mass is 10.1. The highest BCUT2D eigenvalue weighted by Gasteiger charge is 2.28. The van der Waals surface area contributed by atoms with Crippen molar-refractivity contribution in [2.75, 3.05) is 18.0 Å². The molecule has 7 heteroatoms. The summed E-state index contributed by atoms with van der Waals surface area (Å²) in [6.45, 7) is 6.28. The zero-order chi connectivity index (χ0) is 19.7. The van der Waals surface area contributed by atoms with Crippen molar-refractivity contribution >= 4 is 29.0 Å². The van der Waals surface area contributed by atoms with Crippen molar-refractivity contribution in [2.45, 2.75) is 25.9 Å². The van der Waals surface area contributed by atoms with Gasteiger partial charge in [0.25, 0.3) is 0 Å². The average molecular weight is 415 g/mol. The van der Waals surface area contributed by atoms with E-state index in [-0.39, 0.29) is 0 Å². The molecule has 1 aliphatic rings. The molecule has 0 spiro atoms. The van der Waals surface area contributed by atoms with E-state index in [1.165, 1.54) is 0 Å². The van der Waals surface area contributed by atoms with Gasteiger partial charge in [0.05, 0.1) is 13.1 Å². The average Bonchev–Trinajstić information content (AvgIpc) is 2.68. The number of nitrogens with zero attached hydrogens (tertiary/aromatic N) is 4. The number of aromatic nitrogens is 3. The summed E-state index contributed by atoms with van der Waals surface area (Å²) < 4.78 is 0. The van der Waals surface area contributed by atoms with Gasteiger partial charge >= 0.3 is 0 Å². The second kappa shape index (κ2) is 8.03. The first kappa shape index (κ1) is 19.1. The van der Waals surface area contributed by atoms with Crippen LogP contribution in [-0.4, -0.2) is 40.4 Å². The van der Waals surface area contributed by atoms with Crippen LogP contribution in [0.15, 0.2) is 48.5 Å². The van der Waals surface area contributed by atoms with Gasteiger partial charge < -0.3 is 10.2 Å². The number of rotatable bonds is 3. The maximum atomic E-state index is 6.07. The van der Waals surface area contributed by atoms with E-state index >= 15 is 0 Å². The summed E-state index contributed by atoms with van der Waals surface area (Å²) in [4.78, 5) is 7.24. The quantitative estimate of drug-likeness (QED) is 0.709. The van der Waals surface area contributed by atoms with Crippen LogP contribution in [0.4, 0.5) is 5.82 Å². The van der Waals surface area contributed by atoms with E-state index in [2.05, 4.69) is 34.3 Å². The fourth-order valence-electron chi connectivity index (χ4n) is 3.68. The van der Waals surface area contributed by atoms with E-state index in [0.717, 1.165) is 35.7 Å². The molecular weight excluding hydrogens is 393 g/mol. The van der Waals surface area contributed by atoms with Crippen LogP contribution in [-0.2, 0) is 0 Å². The van der Waals surface area contributed by atoms with E-state index in [4.69, 9.17) is 28.2 Å². The number of anilines is 1. The summed E-state index contributed by atoms with van der Waals surface area (Å²) in [7, 11) is 0. The highest BCUT2D eigenvalue weighted by molar-refractivity contribution is 6.30. The van der Waals surface area contributed by atoms with Crippen molar-refractivity contribution < 1.29 is 5.32 Å². The molecule has 2 aromatic carbocycles. The van der Waals surface area contributed by atoms with Crippen molar-refractivity contribution in [3.63, 3.8) is 0 Å². The number of quaternary nitrogens is 1. The van der Waals surface area contributed by atoms with Crippen molar-refractivity contribution in [1.29, 1.82) is 0 Å². The molecule has 1 saturated heterocycles. The Kier molecular flexibility index (Phi) is 5.49. The molecule has 0 saturated carbocycles. The van der Waals surface area contributed by atoms with Crippen LogP contribution < -0.4 is 10.2 Å². The fourth-order valence-corrected chi connectivity index (χ4v) is 3.93. The summed E-state index contributed by atoms with van der Waals surface area (Å²) in [6.07, 6.45) is 0. The number of benzene rings is 2. The lowest BCUT2D eigenvalue weighted by molar-refractivity contribution is -0.716. The van der Waals surface area contributed by atoms with Gasteiger partial charge in [0.1, 0.15) is 17.8 Å². The summed E-state index contributed by atoms with van der Waals surface area (Å²) in [5.41, 5.74) is 2.62. The molecule has 3 aromatic rings. The van der Waals surface area contributed by atoms with Crippen LogP contribution in [0.3, 0.4) is 0 Å². The molecule has 4 rings (SSSR count). The predicted octanol–water partition coefficient (Wildman–Crippen LogP) is 3.67. The first-order chi connectivity index (χ1) is 13.5. The van der Waals surface area contributed by atoms with Gasteiger partial charge in [0.2, 0.25) is 0 Å². The second-order valence-corrected chi connectivity index (χ2v) is 8.25. The minimum absolute atomic E-state index is 0.482. The molecule has 2 N–H and O–H groups in total. The van der Waals surface area contributed by atoms with Gasteiger partial charge in [0, 0.05) is 21.2 Å². The molecule has 0 amide bonds. The van der Waals surface area contributed by atoms with Crippen LogP contribution in [0.2, 0.25) is 10.0 Å². The molecule has 1 fully saturated rings. The molecule has 5 nitrogen and oxygen atoms in total. The molecule has 2 heterocycles. The Balaban J connectivity index is 1.81. The maximum Gasteiger partial charge on any atom is 0.183 e. The largest absolute Gasteiger partial charge is 0.343 e. The van der Waals surface area contributed by atoms with Gasteiger partial charge in [-0.1, -0.05) is 35.3 Å². The highest BCUT2D eigenvalue weighted by Crippen LogP contribution is 2.30. The van der Waals surface area contributed by atoms with E-state index in [1.54, 1.807) is 0 Å². The van der Waals surface area contributed by atoms with E-state index < -0.39 is 0 Å². The van der Waals surface area contributed by atoms with Gasteiger partial charge in [0.15, 0.2) is 11.6 Å². The normalized spacial score (nSPS) is 19.6.